The fraction of sp³-hybridized carbons (Fsp3) is 0.643. The monoisotopic (exact) mass is 314 g/mol. The molecule has 0 aliphatic carbocycles. The Hall–Kier alpha value is -0.610. The van der Waals surface area contributed by atoms with Gasteiger partial charge in [0.25, 0.3) is 0 Å². The van der Waals surface area contributed by atoms with Crippen molar-refractivity contribution >= 4 is 15.9 Å². The largest absolute Gasteiger partial charge is 0.492 e. The molecular weight excluding hydrogens is 292 g/mol. The van der Waals surface area contributed by atoms with E-state index in [4.69, 9.17) is 4.74 Å². The Labute approximate surface area is 118 Å². The zero-order valence-corrected chi connectivity index (χ0v) is 12.9. The van der Waals surface area contributed by atoms with Gasteiger partial charge in [-0.05, 0) is 41.4 Å². The van der Waals surface area contributed by atoms with E-state index in [0.717, 1.165) is 29.8 Å². The van der Waals surface area contributed by atoms with Gasteiger partial charge in [0.05, 0.1) is 12.8 Å². The lowest BCUT2D eigenvalue weighted by Gasteiger charge is -2.08. The molecular formula is C14H23BrN2O. The maximum Gasteiger partial charge on any atom is 0.138 e. The van der Waals surface area contributed by atoms with Crippen LogP contribution in [0.5, 0.6) is 5.75 Å². The third-order valence-electron chi connectivity index (χ3n) is 2.57. The number of pyridine rings is 1. The molecule has 0 saturated carbocycles. The lowest BCUT2D eigenvalue weighted by Crippen LogP contribution is -2.23. The molecule has 0 unspecified atom stereocenters. The molecule has 4 heteroatoms. The molecule has 18 heavy (non-hydrogen) atoms. The van der Waals surface area contributed by atoms with Crippen LogP contribution in [-0.2, 0) is 0 Å². The summed E-state index contributed by atoms with van der Waals surface area (Å²) in [4.78, 5) is 4.06. The van der Waals surface area contributed by atoms with Crippen molar-refractivity contribution in [2.45, 2.75) is 45.6 Å². The van der Waals surface area contributed by atoms with Crippen LogP contribution in [0, 0.1) is 0 Å². The maximum atomic E-state index is 5.62. The molecule has 0 bridgehead atoms. The molecule has 0 saturated heterocycles. The van der Waals surface area contributed by atoms with Gasteiger partial charge in [-0.1, -0.05) is 26.7 Å². The lowest BCUT2D eigenvalue weighted by molar-refractivity contribution is 0.303. The van der Waals surface area contributed by atoms with Gasteiger partial charge >= 0.3 is 0 Å². The highest BCUT2D eigenvalue weighted by atomic mass is 79.9. The van der Waals surface area contributed by atoms with Crippen LogP contribution in [0.1, 0.15) is 39.5 Å². The molecule has 1 rings (SSSR count). The summed E-state index contributed by atoms with van der Waals surface area (Å²) in [6, 6.07) is 2.54. The van der Waals surface area contributed by atoms with Crippen molar-refractivity contribution in [2.24, 2.45) is 0 Å². The van der Waals surface area contributed by atoms with Gasteiger partial charge < -0.3 is 10.1 Å². The second-order valence-electron chi connectivity index (χ2n) is 4.71. The van der Waals surface area contributed by atoms with Gasteiger partial charge in [-0.3, -0.25) is 4.98 Å². The molecule has 1 aromatic heterocycles. The van der Waals surface area contributed by atoms with Crippen molar-refractivity contribution in [2.75, 3.05) is 13.2 Å². The molecule has 0 aliphatic heterocycles. The van der Waals surface area contributed by atoms with Crippen molar-refractivity contribution in [1.82, 2.24) is 10.3 Å². The number of nitrogens with one attached hydrogen (secondary N) is 1. The van der Waals surface area contributed by atoms with Gasteiger partial charge in [0, 0.05) is 16.7 Å². The van der Waals surface area contributed by atoms with Crippen molar-refractivity contribution < 1.29 is 4.74 Å². The van der Waals surface area contributed by atoms with E-state index >= 15 is 0 Å². The number of nitrogens with zero attached hydrogens (tertiary/aromatic N) is 1. The normalized spacial score (nSPS) is 10.9. The Bertz CT molecular complexity index is 331. The Morgan fingerprint density at radius 2 is 2.00 bits per heavy atom. The summed E-state index contributed by atoms with van der Waals surface area (Å²) in [5, 5.41) is 3.42. The zero-order chi connectivity index (χ0) is 13.2. The summed E-state index contributed by atoms with van der Waals surface area (Å²) in [7, 11) is 0. The molecule has 1 heterocycles. The van der Waals surface area contributed by atoms with E-state index in [-0.39, 0.29) is 0 Å². The van der Waals surface area contributed by atoms with Crippen LogP contribution in [-0.4, -0.2) is 24.2 Å². The minimum absolute atomic E-state index is 0.595. The molecule has 102 valence electrons. The summed E-state index contributed by atoms with van der Waals surface area (Å²) in [6.45, 7) is 6.25. The van der Waals surface area contributed by atoms with Gasteiger partial charge in [0.2, 0.25) is 0 Å². The van der Waals surface area contributed by atoms with Crippen molar-refractivity contribution in [3.63, 3.8) is 0 Å². The summed E-state index contributed by atoms with van der Waals surface area (Å²) < 4.78 is 6.58. The van der Waals surface area contributed by atoms with Gasteiger partial charge in [-0.2, -0.15) is 0 Å². The molecule has 1 aromatic rings. The average Bonchev–Trinajstić information content (AvgIpc) is 2.32. The maximum absolute atomic E-state index is 5.62. The first-order valence-electron chi connectivity index (χ1n) is 6.65. The zero-order valence-electron chi connectivity index (χ0n) is 11.3. The first kappa shape index (κ1) is 15.4. The van der Waals surface area contributed by atoms with Crippen molar-refractivity contribution in [3.05, 3.63) is 22.9 Å². The van der Waals surface area contributed by atoms with Crippen LogP contribution in [0.25, 0.3) is 0 Å². The van der Waals surface area contributed by atoms with Crippen LogP contribution < -0.4 is 10.1 Å². The van der Waals surface area contributed by atoms with Gasteiger partial charge in [-0.15, -0.1) is 0 Å². The van der Waals surface area contributed by atoms with E-state index in [2.05, 4.69) is 40.1 Å². The minimum Gasteiger partial charge on any atom is -0.492 e. The average molecular weight is 315 g/mol. The predicted molar refractivity (Wildman–Crippen MR) is 79.0 cm³/mol. The first-order valence-corrected chi connectivity index (χ1v) is 7.44. The molecule has 0 atom stereocenters. The van der Waals surface area contributed by atoms with Crippen LogP contribution in [0.3, 0.4) is 0 Å². The molecule has 1 N–H and O–H groups in total. The van der Waals surface area contributed by atoms with E-state index in [1.807, 2.05) is 6.07 Å². The Balaban J connectivity index is 1.96. The van der Waals surface area contributed by atoms with E-state index in [1.165, 1.54) is 19.3 Å². The number of hydrogen-bond acceptors (Lipinski definition) is 3. The molecule has 0 spiro atoms. The highest BCUT2D eigenvalue weighted by Gasteiger charge is 1.96. The summed E-state index contributed by atoms with van der Waals surface area (Å²) >= 11 is 3.38. The van der Waals surface area contributed by atoms with E-state index in [1.54, 1.807) is 12.4 Å². The Morgan fingerprint density at radius 3 is 2.72 bits per heavy atom. The van der Waals surface area contributed by atoms with Crippen LogP contribution >= 0.6 is 15.9 Å². The summed E-state index contributed by atoms with van der Waals surface area (Å²) in [5.74, 6) is 0.839. The highest BCUT2D eigenvalue weighted by molar-refractivity contribution is 9.10. The standard InChI is InChI=1S/C14H23BrN2O/c1-12(2)17-7-5-3-4-6-8-18-14-9-13(15)10-16-11-14/h9-12,17H,3-8H2,1-2H3. The number of aromatic nitrogens is 1. The van der Waals surface area contributed by atoms with Crippen molar-refractivity contribution in [1.29, 1.82) is 0 Å². The number of unbranched alkanes of at least 4 members (excludes halogenated alkanes) is 3. The molecule has 0 aromatic carbocycles. The third kappa shape index (κ3) is 7.67. The molecule has 0 aliphatic rings. The Kier molecular flexibility index (Phi) is 8.01. The molecule has 0 radical (unpaired) electrons. The fourth-order valence-corrected chi connectivity index (χ4v) is 1.98. The highest BCUT2D eigenvalue weighted by Crippen LogP contribution is 2.16. The second kappa shape index (κ2) is 9.34. The summed E-state index contributed by atoms with van der Waals surface area (Å²) in [5.41, 5.74) is 0. The molecule has 0 amide bonds. The minimum atomic E-state index is 0.595. The number of halogens is 1. The molecule has 0 fully saturated rings. The van der Waals surface area contributed by atoms with E-state index in [9.17, 15) is 0 Å². The smallest absolute Gasteiger partial charge is 0.138 e. The third-order valence-corrected chi connectivity index (χ3v) is 3.01. The topological polar surface area (TPSA) is 34.1 Å². The van der Waals surface area contributed by atoms with Crippen LogP contribution in [0.4, 0.5) is 0 Å². The fourth-order valence-electron chi connectivity index (χ4n) is 1.63. The summed E-state index contributed by atoms with van der Waals surface area (Å²) in [6.07, 6.45) is 8.34. The number of rotatable bonds is 9. The lowest BCUT2D eigenvalue weighted by atomic mass is 10.2. The van der Waals surface area contributed by atoms with Gasteiger partial charge in [-0.25, -0.2) is 0 Å². The van der Waals surface area contributed by atoms with Crippen LogP contribution in [0.2, 0.25) is 0 Å². The Morgan fingerprint density at radius 1 is 1.22 bits per heavy atom. The van der Waals surface area contributed by atoms with E-state index in [0.29, 0.717) is 6.04 Å². The van der Waals surface area contributed by atoms with Gasteiger partial charge in [0.1, 0.15) is 5.75 Å². The van der Waals surface area contributed by atoms with Crippen molar-refractivity contribution in [3.8, 4) is 5.75 Å². The van der Waals surface area contributed by atoms with E-state index < -0.39 is 0 Å². The predicted octanol–water partition coefficient (Wildman–Crippen LogP) is 3.78. The molecule has 3 nitrogen and oxygen atoms in total. The first-order chi connectivity index (χ1) is 8.68. The number of hydrogen-bond donors (Lipinski definition) is 1. The second-order valence-corrected chi connectivity index (χ2v) is 5.63. The number of ether oxygens (including phenoxy) is 1. The van der Waals surface area contributed by atoms with Crippen LogP contribution in [0.15, 0.2) is 22.9 Å². The SMILES string of the molecule is CC(C)NCCCCCCOc1cncc(Br)c1. The van der Waals surface area contributed by atoms with Gasteiger partial charge in [0.15, 0.2) is 0 Å². The quantitative estimate of drug-likeness (QED) is 0.704.